The Kier molecular flexibility index (Phi) is 4.08. The van der Waals surface area contributed by atoms with Gasteiger partial charge < -0.3 is 8.83 Å². The zero-order chi connectivity index (χ0) is 14.7. The van der Waals surface area contributed by atoms with Crippen LogP contribution in [0.2, 0.25) is 0 Å². The van der Waals surface area contributed by atoms with Crippen LogP contribution in [0.5, 0.6) is 0 Å². The zero-order valence-corrected chi connectivity index (χ0v) is 12.5. The lowest BCUT2D eigenvalue weighted by Gasteiger charge is -2.11. The van der Waals surface area contributed by atoms with Crippen LogP contribution in [0.4, 0.5) is 0 Å². The maximum Gasteiger partial charge on any atom is 0.266 e. The molecule has 0 bridgehead atoms. The number of amides is 1. The quantitative estimate of drug-likeness (QED) is 0.633. The predicted octanol–water partition coefficient (Wildman–Crippen LogP) is 3.83. The molecule has 6 heteroatoms. The van der Waals surface area contributed by atoms with Gasteiger partial charge in [-0.05, 0) is 36.4 Å². The third-order valence-corrected chi connectivity index (χ3v) is 4.21. The van der Waals surface area contributed by atoms with Crippen LogP contribution in [0, 0.1) is 0 Å². The van der Waals surface area contributed by atoms with Crippen LogP contribution in [-0.2, 0) is 11.3 Å². The molecule has 1 aliphatic rings. The van der Waals surface area contributed by atoms with E-state index in [-0.39, 0.29) is 5.91 Å². The number of furan rings is 2. The van der Waals surface area contributed by atoms with Crippen LogP contribution < -0.4 is 0 Å². The van der Waals surface area contributed by atoms with Crippen molar-refractivity contribution in [2.75, 3.05) is 0 Å². The standard InChI is InChI=1S/C15H11NO3S2/c17-14-13(7-1-4-11-5-2-8-18-11)21-15(20)16(14)10-12-6-3-9-19-12/h1-9H,10H2/b4-1+,13-7?. The molecule has 0 aliphatic carbocycles. The topological polar surface area (TPSA) is 46.6 Å². The summed E-state index contributed by atoms with van der Waals surface area (Å²) >= 11 is 6.53. The molecule has 0 aromatic carbocycles. The number of thioether (sulfide) groups is 1. The van der Waals surface area contributed by atoms with E-state index < -0.39 is 0 Å². The summed E-state index contributed by atoms with van der Waals surface area (Å²) in [5.41, 5.74) is 0. The Balaban J connectivity index is 1.71. The Morgan fingerprint density at radius 2 is 2.05 bits per heavy atom. The average Bonchev–Trinajstić information content (AvgIpc) is 3.19. The molecule has 2 aromatic heterocycles. The van der Waals surface area contributed by atoms with Gasteiger partial charge in [-0.3, -0.25) is 9.69 Å². The monoisotopic (exact) mass is 317 g/mol. The van der Waals surface area contributed by atoms with E-state index in [0.29, 0.717) is 21.5 Å². The van der Waals surface area contributed by atoms with E-state index in [2.05, 4.69) is 0 Å². The molecule has 21 heavy (non-hydrogen) atoms. The van der Waals surface area contributed by atoms with Gasteiger partial charge in [-0.2, -0.15) is 0 Å². The maximum atomic E-state index is 12.3. The molecule has 106 valence electrons. The van der Waals surface area contributed by atoms with Crippen molar-refractivity contribution in [1.82, 2.24) is 4.90 Å². The van der Waals surface area contributed by atoms with Gasteiger partial charge in [-0.1, -0.05) is 30.1 Å². The third-order valence-electron chi connectivity index (χ3n) is 2.82. The minimum absolute atomic E-state index is 0.106. The van der Waals surface area contributed by atoms with E-state index in [1.54, 1.807) is 36.8 Å². The fourth-order valence-electron chi connectivity index (χ4n) is 1.83. The van der Waals surface area contributed by atoms with Crippen molar-refractivity contribution < 1.29 is 13.6 Å². The van der Waals surface area contributed by atoms with Gasteiger partial charge in [0.15, 0.2) is 0 Å². The van der Waals surface area contributed by atoms with Crippen LogP contribution in [0.3, 0.4) is 0 Å². The van der Waals surface area contributed by atoms with Gasteiger partial charge in [0.05, 0.1) is 24.0 Å². The number of thiocarbonyl (C=S) groups is 1. The van der Waals surface area contributed by atoms with E-state index in [1.807, 2.05) is 18.2 Å². The van der Waals surface area contributed by atoms with Gasteiger partial charge in [-0.25, -0.2) is 0 Å². The molecule has 1 amide bonds. The zero-order valence-electron chi connectivity index (χ0n) is 10.9. The van der Waals surface area contributed by atoms with E-state index in [4.69, 9.17) is 21.1 Å². The summed E-state index contributed by atoms with van der Waals surface area (Å²) in [6.07, 6.45) is 8.48. The van der Waals surface area contributed by atoms with E-state index in [9.17, 15) is 4.79 Å². The van der Waals surface area contributed by atoms with Crippen LogP contribution in [0.25, 0.3) is 6.08 Å². The number of nitrogens with zero attached hydrogens (tertiary/aromatic N) is 1. The third kappa shape index (κ3) is 3.17. The van der Waals surface area contributed by atoms with Crippen molar-refractivity contribution in [3.05, 3.63) is 65.4 Å². The normalized spacial score (nSPS) is 17.5. The smallest absolute Gasteiger partial charge is 0.266 e. The van der Waals surface area contributed by atoms with Crippen molar-refractivity contribution in [3.63, 3.8) is 0 Å². The molecule has 0 atom stereocenters. The number of hydrogen-bond donors (Lipinski definition) is 0. The van der Waals surface area contributed by atoms with Gasteiger partial charge >= 0.3 is 0 Å². The lowest BCUT2D eigenvalue weighted by atomic mass is 10.3. The van der Waals surface area contributed by atoms with E-state index in [1.165, 1.54) is 16.7 Å². The molecule has 0 N–H and O–H groups in total. The molecule has 1 saturated heterocycles. The fourth-order valence-corrected chi connectivity index (χ4v) is 3.03. The SMILES string of the molecule is O=C1C(=C/C=C/c2ccco2)SC(=S)N1Cc1ccco1. The molecule has 1 fully saturated rings. The second-order valence-electron chi connectivity index (χ2n) is 4.24. The Bertz CT molecular complexity index is 699. The van der Waals surface area contributed by atoms with E-state index in [0.717, 1.165) is 5.76 Å². The number of carbonyl (C=O) groups excluding carboxylic acids is 1. The second-order valence-corrected chi connectivity index (χ2v) is 5.92. The Hall–Kier alpha value is -2.05. The summed E-state index contributed by atoms with van der Waals surface area (Å²) in [7, 11) is 0. The molecule has 3 rings (SSSR count). The van der Waals surface area contributed by atoms with Gasteiger partial charge in [0.1, 0.15) is 15.8 Å². The van der Waals surface area contributed by atoms with Crippen molar-refractivity contribution in [2.45, 2.75) is 6.54 Å². The molecule has 1 aliphatic heterocycles. The number of carbonyl (C=O) groups is 1. The first kappa shape index (κ1) is 13.9. The van der Waals surface area contributed by atoms with Crippen molar-refractivity contribution in [3.8, 4) is 0 Å². The van der Waals surface area contributed by atoms with Gasteiger partial charge in [-0.15, -0.1) is 0 Å². The molecule has 0 saturated carbocycles. The maximum absolute atomic E-state index is 12.3. The highest BCUT2D eigenvalue weighted by Crippen LogP contribution is 2.32. The molecular formula is C15H11NO3S2. The number of rotatable bonds is 4. The molecule has 0 radical (unpaired) electrons. The van der Waals surface area contributed by atoms with Crippen LogP contribution >= 0.6 is 24.0 Å². The highest BCUT2D eigenvalue weighted by Gasteiger charge is 2.32. The van der Waals surface area contributed by atoms with Crippen molar-refractivity contribution >= 4 is 40.3 Å². The first-order valence-electron chi connectivity index (χ1n) is 6.22. The predicted molar refractivity (Wildman–Crippen MR) is 85.3 cm³/mol. The molecule has 4 nitrogen and oxygen atoms in total. The summed E-state index contributed by atoms with van der Waals surface area (Å²) in [6, 6.07) is 7.25. The van der Waals surface area contributed by atoms with Crippen LogP contribution in [0.15, 0.2) is 62.7 Å². The minimum Gasteiger partial charge on any atom is -0.467 e. The van der Waals surface area contributed by atoms with E-state index >= 15 is 0 Å². The summed E-state index contributed by atoms with van der Waals surface area (Å²) in [6.45, 7) is 0.358. The highest BCUT2D eigenvalue weighted by molar-refractivity contribution is 8.26. The lowest BCUT2D eigenvalue weighted by molar-refractivity contribution is -0.122. The van der Waals surface area contributed by atoms with Crippen molar-refractivity contribution in [2.24, 2.45) is 0 Å². The summed E-state index contributed by atoms with van der Waals surface area (Å²) in [4.78, 5) is 14.4. The second kappa shape index (κ2) is 6.15. The summed E-state index contributed by atoms with van der Waals surface area (Å²) < 4.78 is 11.0. The van der Waals surface area contributed by atoms with Crippen LogP contribution in [0.1, 0.15) is 11.5 Å². The van der Waals surface area contributed by atoms with Crippen molar-refractivity contribution in [1.29, 1.82) is 0 Å². The fraction of sp³-hybridized carbons (Fsp3) is 0.0667. The number of allylic oxidation sites excluding steroid dienone is 2. The Morgan fingerprint density at radius 1 is 1.24 bits per heavy atom. The largest absolute Gasteiger partial charge is 0.467 e. The lowest BCUT2D eigenvalue weighted by Crippen LogP contribution is -2.27. The Labute approximate surface area is 131 Å². The first-order chi connectivity index (χ1) is 10.2. The molecule has 3 heterocycles. The summed E-state index contributed by atoms with van der Waals surface area (Å²) in [5, 5.41) is 0. The van der Waals surface area contributed by atoms with Gasteiger partial charge in [0.25, 0.3) is 5.91 Å². The first-order valence-corrected chi connectivity index (χ1v) is 7.44. The number of hydrogen-bond acceptors (Lipinski definition) is 5. The van der Waals surface area contributed by atoms with Gasteiger partial charge in [0, 0.05) is 0 Å². The molecule has 0 unspecified atom stereocenters. The average molecular weight is 317 g/mol. The summed E-state index contributed by atoms with van der Waals surface area (Å²) in [5.74, 6) is 1.33. The molecular weight excluding hydrogens is 306 g/mol. The molecule has 0 spiro atoms. The van der Waals surface area contributed by atoms with Gasteiger partial charge in [0.2, 0.25) is 0 Å². The van der Waals surface area contributed by atoms with Crippen LogP contribution in [-0.4, -0.2) is 15.1 Å². The highest BCUT2D eigenvalue weighted by atomic mass is 32.2. The minimum atomic E-state index is -0.106. The Morgan fingerprint density at radius 3 is 2.76 bits per heavy atom. The molecule has 2 aromatic rings.